The molecule has 32 heavy (non-hydrogen) atoms. The van der Waals surface area contributed by atoms with E-state index in [1.54, 1.807) is 0 Å². The monoisotopic (exact) mass is 438 g/mol. The van der Waals surface area contributed by atoms with E-state index in [0.29, 0.717) is 0 Å². The number of rotatable bonds is 9. The van der Waals surface area contributed by atoms with Crippen molar-refractivity contribution in [3.05, 3.63) is 59.7 Å². The minimum Gasteiger partial charge on any atom is -0.480 e. The molecule has 0 saturated carbocycles. The molecule has 0 spiro atoms. The number of carbonyl (C=O) groups excluding carboxylic acids is 2. The fraction of sp³-hybridized carbons (Fsp3) is 0.400. The van der Waals surface area contributed by atoms with Gasteiger partial charge in [-0.15, -0.1) is 0 Å². The molecule has 0 aliphatic heterocycles. The molecule has 7 nitrogen and oxygen atoms in total. The van der Waals surface area contributed by atoms with Crippen molar-refractivity contribution in [2.75, 3.05) is 13.2 Å². The van der Waals surface area contributed by atoms with Crippen LogP contribution in [0.15, 0.2) is 48.5 Å². The van der Waals surface area contributed by atoms with Crippen molar-refractivity contribution in [2.24, 2.45) is 11.8 Å². The van der Waals surface area contributed by atoms with Gasteiger partial charge in [-0.3, -0.25) is 9.59 Å². The van der Waals surface area contributed by atoms with E-state index < -0.39 is 18.1 Å². The van der Waals surface area contributed by atoms with Gasteiger partial charge in [-0.05, 0) is 41.0 Å². The van der Waals surface area contributed by atoms with Crippen LogP contribution in [0.2, 0.25) is 0 Å². The molecule has 7 heteroatoms. The first-order chi connectivity index (χ1) is 15.3. The second-order valence-electron chi connectivity index (χ2n) is 8.54. The molecule has 0 saturated heterocycles. The van der Waals surface area contributed by atoms with E-state index in [9.17, 15) is 14.4 Å². The number of benzene rings is 2. The van der Waals surface area contributed by atoms with Crippen LogP contribution in [0, 0.1) is 11.8 Å². The first-order valence-electron chi connectivity index (χ1n) is 10.9. The third kappa shape index (κ3) is 5.46. The Kier molecular flexibility index (Phi) is 7.51. The largest absolute Gasteiger partial charge is 0.480 e. The lowest BCUT2D eigenvalue weighted by Gasteiger charge is -2.22. The highest BCUT2D eigenvalue weighted by Crippen LogP contribution is 2.44. The molecule has 2 amide bonds. The summed E-state index contributed by atoms with van der Waals surface area (Å²) in [5, 5.41) is 14.1. The summed E-state index contributed by atoms with van der Waals surface area (Å²) < 4.78 is 5.54. The maximum absolute atomic E-state index is 12.4. The Bertz CT molecular complexity index is 942. The van der Waals surface area contributed by atoms with Gasteiger partial charge in [0, 0.05) is 18.9 Å². The Morgan fingerprint density at radius 1 is 0.969 bits per heavy atom. The van der Waals surface area contributed by atoms with Crippen molar-refractivity contribution < 1.29 is 24.2 Å². The molecule has 0 heterocycles. The summed E-state index contributed by atoms with van der Waals surface area (Å²) in [5.74, 6) is -1.48. The van der Waals surface area contributed by atoms with E-state index >= 15 is 0 Å². The molecule has 0 aromatic heterocycles. The molecule has 3 rings (SSSR count). The van der Waals surface area contributed by atoms with Gasteiger partial charge in [0.05, 0.1) is 0 Å². The molecular weight excluding hydrogens is 408 g/mol. The highest BCUT2D eigenvalue weighted by molar-refractivity contribution is 5.83. The number of hydrogen-bond donors (Lipinski definition) is 3. The second kappa shape index (κ2) is 10.3. The molecule has 2 aromatic rings. The number of aliphatic carboxylic acids is 1. The predicted octanol–water partition coefficient (Wildman–Crippen LogP) is 3.78. The first-order valence-corrected chi connectivity index (χ1v) is 10.9. The van der Waals surface area contributed by atoms with Crippen molar-refractivity contribution in [1.29, 1.82) is 0 Å². The SMILES string of the molecule is CC(C)C(CNC(=O)OCC1c2ccccc2-c2ccccc21)CC(=O)N[C@@H](C)C(=O)O. The van der Waals surface area contributed by atoms with Crippen LogP contribution in [0.5, 0.6) is 0 Å². The fourth-order valence-electron chi connectivity index (χ4n) is 4.01. The lowest BCUT2D eigenvalue weighted by molar-refractivity contribution is -0.141. The quantitative estimate of drug-likeness (QED) is 0.553. The van der Waals surface area contributed by atoms with Gasteiger partial charge >= 0.3 is 12.1 Å². The molecule has 2 aromatic carbocycles. The van der Waals surface area contributed by atoms with Crippen LogP contribution in [-0.4, -0.2) is 42.3 Å². The van der Waals surface area contributed by atoms with Gasteiger partial charge in [0.2, 0.25) is 5.91 Å². The van der Waals surface area contributed by atoms with Crippen molar-refractivity contribution in [3.8, 4) is 11.1 Å². The Morgan fingerprint density at radius 2 is 1.53 bits per heavy atom. The molecule has 0 bridgehead atoms. The molecule has 1 aliphatic carbocycles. The van der Waals surface area contributed by atoms with Crippen LogP contribution in [0.1, 0.15) is 44.2 Å². The molecule has 170 valence electrons. The maximum atomic E-state index is 12.4. The van der Waals surface area contributed by atoms with Gasteiger partial charge < -0.3 is 20.5 Å². The van der Waals surface area contributed by atoms with Crippen LogP contribution in [0.4, 0.5) is 4.79 Å². The van der Waals surface area contributed by atoms with Gasteiger partial charge in [0.15, 0.2) is 0 Å². The Labute approximate surface area is 188 Å². The van der Waals surface area contributed by atoms with Crippen molar-refractivity contribution in [2.45, 2.75) is 39.2 Å². The summed E-state index contributed by atoms with van der Waals surface area (Å²) in [6.45, 7) is 5.82. The average molecular weight is 439 g/mol. The molecular formula is C25H30N2O5. The maximum Gasteiger partial charge on any atom is 0.407 e. The van der Waals surface area contributed by atoms with E-state index in [4.69, 9.17) is 9.84 Å². The first kappa shape index (κ1) is 23.3. The van der Waals surface area contributed by atoms with Crippen molar-refractivity contribution in [1.82, 2.24) is 10.6 Å². The van der Waals surface area contributed by atoms with E-state index in [-0.39, 0.29) is 43.2 Å². The summed E-state index contributed by atoms with van der Waals surface area (Å²) >= 11 is 0. The van der Waals surface area contributed by atoms with Gasteiger partial charge in [0.1, 0.15) is 12.6 Å². The third-order valence-electron chi connectivity index (χ3n) is 5.99. The second-order valence-corrected chi connectivity index (χ2v) is 8.54. The van der Waals surface area contributed by atoms with E-state index in [1.807, 2.05) is 38.1 Å². The summed E-state index contributed by atoms with van der Waals surface area (Å²) in [4.78, 5) is 35.4. The summed E-state index contributed by atoms with van der Waals surface area (Å²) in [6.07, 6.45) is -0.407. The smallest absolute Gasteiger partial charge is 0.407 e. The van der Waals surface area contributed by atoms with Crippen LogP contribution < -0.4 is 10.6 Å². The van der Waals surface area contributed by atoms with Crippen LogP contribution in [-0.2, 0) is 14.3 Å². The zero-order valence-electron chi connectivity index (χ0n) is 18.6. The normalized spacial score (nSPS) is 14.2. The highest BCUT2D eigenvalue weighted by atomic mass is 16.5. The Morgan fingerprint density at radius 3 is 2.06 bits per heavy atom. The molecule has 3 N–H and O–H groups in total. The number of alkyl carbamates (subject to hydrolysis) is 1. The minimum atomic E-state index is -1.09. The molecule has 1 aliphatic rings. The van der Waals surface area contributed by atoms with E-state index in [2.05, 4.69) is 34.9 Å². The molecule has 1 unspecified atom stereocenters. The molecule has 0 fully saturated rings. The Balaban J connectivity index is 1.54. The third-order valence-corrected chi connectivity index (χ3v) is 5.99. The molecule has 0 radical (unpaired) electrons. The van der Waals surface area contributed by atoms with Crippen molar-refractivity contribution in [3.63, 3.8) is 0 Å². The van der Waals surface area contributed by atoms with Crippen LogP contribution in [0.25, 0.3) is 11.1 Å². The number of carboxylic acids is 1. The van der Waals surface area contributed by atoms with Crippen LogP contribution in [0.3, 0.4) is 0 Å². The van der Waals surface area contributed by atoms with Gasteiger partial charge in [0.25, 0.3) is 0 Å². The average Bonchev–Trinajstić information content (AvgIpc) is 3.08. The lowest BCUT2D eigenvalue weighted by Crippen LogP contribution is -2.41. The number of fused-ring (bicyclic) bond motifs is 3. The number of amides is 2. The van der Waals surface area contributed by atoms with Gasteiger partial charge in [-0.25, -0.2) is 4.79 Å². The lowest BCUT2D eigenvalue weighted by atomic mass is 9.92. The number of carboxylic acid groups (broad SMARTS) is 1. The van der Waals surface area contributed by atoms with E-state index in [1.165, 1.54) is 18.1 Å². The highest BCUT2D eigenvalue weighted by Gasteiger charge is 2.29. The summed E-state index contributed by atoms with van der Waals surface area (Å²) in [6, 6.07) is 15.3. The predicted molar refractivity (Wildman–Crippen MR) is 121 cm³/mol. The fourth-order valence-corrected chi connectivity index (χ4v) is 4.01. The standard InChI is InChI=1S/C25H30N2O5/c1-15(2)17(12-23(28)27-16(3)24(29)30)13-26-25(31)32-14-22-20-10-6-4-8-18(20)19-9-5-7-11-21(19)22/h4-11,15-17,22H,12-14H2,1-3H3,(H,26,31)(H,27,28)(H,29,30)/t16-,17?/m0/s1. The summed E-state index contributed by atoms with van der Waals surface area (Å²) in [5.41, 5.74) is 4.62. The minimum absolute atomic E-state index is 0.0164. The number of carbonyl (C=O) groups is 3. The number of ether oxygens (including phenoxy) is 1. The Hall–Kier alpha value is -3.35. The van der Waals surface area contributed by atoms with E-state index in [0.717, 1.165) is 11.1 Å². The van der Waals surface area contributed by atoms with Gasteiger partial charge in [-0.1, -0.05) is 62.4 Å². The topological polar surface area (TPSA) is 105 Å². The zero-order valence-corrected chi connectivity index (χ0v) is 18.6. The number of nitrogens with one attached hydrogen (secondary N) is 2. The van der Waals surface area contributed by atoms with Crippen molar-refractivity contribution >= 4 is 18.0 Å². The van der Waals surface area contributed by atoms with Crippen LogP contribution >= 0.6 is 0 Å². The molecule has 2 atom stereocenters. The van der Waals surface area contributed by atoms with Gasteiger partial charge in [-0.2, -0.15) is 0 Å². The zero-order chi connectivity index (χ0) is 23.3. The summed E-state index contributed by atoms with van der Waals surface area (Å²) in [7, 11) is 0. The number of hydrogen-bond acceptors (Lipinski definition) is 4.